The number of nitrogens with two attached hydrogens (primary N) is 1. The van der Waals surface area contributed by atoms with E-state index in [2.05, 4.69) is 21.0 Å². The molecule has 5 nitrogen and oxygen atoms in total. The Bertz CT molecular complexity index is 762. The van der Waals surface area contributed by atoms with E-state index in [0.29, 0.717) is 12.8 Å². The molecule has 1 aliphatic rings. The molecule has 0 saturated heterocycles. The smallest absolute Gasteiger partial charge is 0.336 e. The Labute approximate surface area is 148 Å². The van der Waals surface area contributed by atoms with Crippen LogP contribution in [-0.2, 0) is 5.54 Å². The Balaban J connectivity index is 2.07. The largest absolute Gasteiger partial charge is 0.396 e. The van der Waals surface area contributed by atoms with Crippen molar-refractivity contribution in [2.75, 3.05) is 6.61 Å². The number of rotatable bonds is 4. The van der Waals surface area contributed by atoms with Crippen LogP contribution in [0.25, 0.3) is 0 Å². The number of aliphatic hydroxyl groups excluding tert-OH is 1. The summed E-state index contributed by atoms with van der Waals surface area (Å²) in [5, 5.41) is 15.4. The number of primary amides is 1. The molecule has 0 spiro atoms. The minimum absolute atomic E-state index is 0.0676. The zero-order valence-corrected chi connectivity index (χ0v) is 14.6. The molecule has 0 aromatic heterocycles. The molecule has 124 valence electrons. The fourth-order valence-corrected chi connectivity index (χ4v) is 3.43. The second-order valence-corrected chi connectivity index (χ2v) is 6.67. The number of nitrogens with zero attached hydrogens (tertiary/aromatic N) is 2. The van der Waals surface area contributed by atoms with Gasteiger partial charge in [-0.2, -0.15) is 5.10 Å². The molecule has 3 N–H and O–H groups in total. The number of aliphatic hydroxyl groups is 1. The highest BCUT2D eigenvalue weighted by Gasteiger charge is 2.46. The second kappa shape index (κ2) is 6.75. The molecule has 0 bridgehead atoms. The summed E-state index contributed by atoms with van der Waals surface area (Å²) in [5.41, 5.74) is 7.45. The fourth-order valence-electron chi connectivity index (χ4n) is 3.16. The first kappa shape index (κ1) is 16.7. The third-order valence-electron chi connectivity index (χ3n) is 4.31. The van der Waals surface area contributed by atoms with Gasteiger partial charge in [0.15, 0.2) is 0 Å². The Morgan fingerprint density at radius 3 is 2.46 bits per heavy atom. The lowest BCUT2D eigenvalue weighted by Gasteiger charge is -2.35. The summed E-state index contributed by atoms with van der Waals surface area (Å²) in [7, 11) is 0. The Morgan fingerprint density at radius 1 is 1.21 bits per heavy atom. The van der Waals surface area contributed by atoms with Gasteiger partial charge >= 0.3 is 6.03 Å². The standard InChI is InChI=1S/C18H18BrN3O2/c19-15-8-6-13(7-9-15)16-12-18(10-11-23,22(21-16)17(20)24)14-4-2-1-3-5-14/h1-9,23H,10-12H2,(H2,20,24). The number of carbonyl (C=O) groups is 1. The lowest BCUT2D eigenvalue weighted by Crippen LogP contribution is -2.46. The molecule has 2 aromatic carbocycles. The topological polar surface area (TPSA) is 78.9 Å². The van der Waals surface area contributed by atoms with E-state index in [1.165, 1.54) is 5.01 Å². The Morgan fingerprint density at radius 2 is 1.88 bits per heavy atom. The molecule has 1 atom stereocenters. The molecule has 24 heavy (non-hydrogen) atoms. The quantitative estimate of drug-likeness (QED) is 0.844. The van der Waals surface area contributed by atoms with E-state index in [-0.39, 0.29) is 6.61 Å². The van der Waals surface area contributed by atoms with Crippen LogP contribution in [0.4, 0.5) is 4.79 Å². The predicted octanol–water partition coefficient (Wildman–Crippen LogP) is 3.22. The number of carbonyl (C=O) groups excluding carboxylic acids is 1. The van der Waals surface area contributed by atoms with E-state index in [0.717, 1.165) is 21.3 Å². The van der Waals surface area contributed by atoms with Crippen LogP contribution in [0.5, 0.6) is 0 Å². The molecule has 6 heteroatoms. The molecule has 1 unspecified atom stereocenters. The maximum atomic E-state index is 12.0. The van der Waals surface area contributed by atoms with Crippen LogP contribution in [0, 0.1) is 0 Å². The molecule has 0 fully saturated rings. The third kappa shape index (κ3) is 2.95. The van der Waals surface area contributed by atoms with Crippen LogP contribution in [0.15, 0.2) is 64.2 Å². The van der Waals surface area contributed by atoms with Gasteiger partial charge in [-0.3, -0.25) is 0 Å². The maximum absolute atomic E-state index is 12.0. The number of hydrogen-bond acceptors (Lipinski definition) is 3. The number of urea groups is 1. The molecule has 2 amide bonds. The van der Waals surface area contributed by atoms with Gasteiger partial charge in [0.05, 0.1) is 5.71 Å². The number of amides is 2. The van der Waals surface area contributed by atoms with Crippen molar-refractivity contribution in [3.63, 3.8) is 0 Å². The minimum atomic E-state index is -0.760. The van der Waals surface area contributed by atoms with Crippen LogP contribution < -0.4 is 5.73 Å². The first-order valence-corrected chi connectivity index (χ1v) is 8.45. The molecular weight excluding hydrogens is 370 g/mol. The van der Waals surface area contributed by atoms with Crippen molar-refractivity contribution < 1.29 is 9.90 Å². The highest BCUT2D eigenvalue weighted by molar-refractivity contribution is 9.10. The second-order valence-electron chi connectivity index (χ2n) is 5.75. The van der Waals surface area contributed by atoms with Crippen LogP contribution in [0.3, 0.4) is 0 Å². The summed E-state index contributed by atoms with van der Waals surface area (Å²) >= 11 is 3.42. The summed E-state index contributed by atoms with van der Waals surface area (Å²) in [6.07, 6.45) is 0.867. The average Bonchev–Trinajstić information content (AvgIpc) is 2.98. The van der Waals surface area contributed by atoms with Crippen molar-refractivity contribution in [3.8, 4) is 0 Å². The van der Waals surface area contributed by atoms with Crippen LogP contribution in [0.1, 0.15) is 24.0 Å². The van der Waals surface area contributed by atoms with Gasteiger partial charge in [0.1, 0.15) is 5.54 Å². The van der Waals surface area contributed by atoms with Gasteiger partial charge in [0, 0.05) is 23.9 Å². The van der Waals surface area contributed by atoms with Crippen molar-refractivity contribution in [3.05, 3.63) is 70.2 Å². The molecule has 0 radical (unpaired) electrons. The average molecular weight is 388 g/mol. The van der Waals surface area contributed by atoms with Gasteiger partial charge in [-0.1, -0.05) is 58.4 Å². The molecule has 2 aromatic rings. The molecule has 1 aliphatic heterocycles. The summed E-state index contributed by atoms with van der Waals surface area (Å²) in [6, 6.07) is 16.7. The summed E-state index contributed by atoms with van der Waals surface area (Å²) < 4.78 is 0.973. The highest BCUT2D eigenvalue weighted by Crippen LogP contribution is 2.41. The normalized spacial score (nSPS) is 20.1. The van der Waals surface area contributed by atoms with Gasteiger partial charge < -0.3 is 10.8 Å². The SMILES string of the molecule is NC(=O)N1N=C(c2ccc(Br)cc2)CC1(CCO)c1ccccc1. The maximum Gasteiger partial charge on any atom is 0.336 e. The van der Waals surface area contributed by atoms with Gasteiger partial charge in [-0.05, 0) is 23.3 Å². The molecule has 1 heterocycles. The predicted molar refractivity (Wildman–Crippen MR) is 96.5 cm³/mol. The van der Waals surface area contributed by atoms with Crippen molar-refractivity contribution in [1.29, 1.82) is 0 Å². The lowest BCUT2D eigenvalue weighted by molar-refractivity contribution is 0.109. The van der Waals surface area contributed by atoms with Crippen molar-refractivity contribution in [2.24, 2.45) is 10.8 Å². The van der Waals surface area contributed by atoms with Gasteiger partial charge in [0.2, 0.25) is 0 Å². The van der Waals surface area contributed by atoms with E-state index in [9.17, 15) is 9.90 Å². The first-order valence-electron chi connectivity index (χ1n) is 7.66. The van der Waals surface area contributed by atoms with Crippen LogP contribution in [-0.4, -0.2) is 28.5 Å². The van der Waals surface area contributed by atoms with E-state index >= 15 is 0 Å². The van der Waals surface area contributed by atoms with Crippen molar-refractivity contribution >= 4 is 27.7 Å². The number of hydrazone groups is 1. The Kier molecular flexibility index (Phi) is 4.69. The van der Waals surface area contributed by atoms with Crippen molar-refractivity contribution in [1.82, 2.24) is 5.01 Å². The minimum Gasteiger partial charge on any atom is -0.396 e. The number of benzene rings is 2. The molecule has 0 aliphatic carbocycles. The number of halogens is 1. The number of hydrogen-bond donors (Lipinski definition) is 2. The van der Waals surface area contributed by atoms with Crippen LogP contribution in [0.2, 0.25) is 0 Å². The van der Waals surface area contributed by atoms with E-state index < -0.39 is 11.6 Å². The van der Waals surface area contributed by atoms with Crippen molar-refractivity contribution in [2.45, 2.75) is 18.4 Å². The van der Waals surface area contributed by atoms with E-state index in [4.69, 9.17) is 5.73 Å². The third-order valence-corrected chi connectivity index (χ3v) is 4.84. The first-order chi connectivity index (χ1) is 11.6. The zero-order chi connectivity index (χ0) is 17.2. The molecular formula is C18H18BrN3O2. The molecule has 3 rings (SSSR count). The van der Waals surface area contributed by atoms with E-state index in [1.54, 1.807) is 0 Å². The van der Waals surface area contributed by atoms with Gasteiger partial charge in [-0.25, -0.2) is 9.80 Å². The monoisotopic (exact) mass is 387 g/mol. The Hall–Kier alpha value is -2.18. The highest BCUT2D eigenvalue weighted by atomic mass is 79.9. The summed E-state index contributed by atoms with van der Waals surface area (Å²) in [5.74, 6) is 0. The van der Waals surface area contributed by atoms with Gasteiger partial charge in [0.25, 0.3) is 0 Å². The summed E-state index contributed by atoms with van der Waals surface area (Å²) in [6.45, 7) is -0.0676. The zero-order valence-electron chi connectivity index (χ0n) is 13.0. The summed E-state index contributed by atoms with van der Waals surface area (Å²) in [4.78, 5) is 12.0. The van der Waals surface area contributed by atoms with Crippen LogP contribution >= 0.6 is 15.9 Å². The molecule has 0 saturated carbocycles. The fraction of sp³-hybridized carbons (Fsp3) is 0.222. The van der Waals surface area contributed by atoms with E-state index in [1.807, 2.05) is 54.6 Å². The van der Waals surface area contributed by atoms with Gasteiger partial charge in [-0.15, -0.1) is 0 Å². The lowest BCUT2D eigenvalue weighted by atomic mass is 9.81.